The van der Waals surface area contributed by atoms with Crippen LogP contribution in [0.1, 0.15) is 25.0 Å². The van der Waals surface area contributed by atoms with Crippen molar-refractivity contribution in [3.8, 4) is 5.75 Å². The third-order valence-corrected chi connectivity index (χ3v) is 3.85. The molecule has 2 aromatic rings. The van der Waals surface area contributed by atoms with E-state index < -0.39 is 11.7 Å². The summed E-state index contributed by atoms with van der Waals surface area (Å²) in [6.45, 7) is 4.50. The number of benzene rings is 2. The van der Waals surface area contributed by atoms with Gasteiger partial charge in [-0.05, 0) is 37.1 Å². The molecule has 0 spiro atoms. The third kappa shape index (κ3) is 5.18. The van der Waals surface area contributed by atoms with Crippen LogP contribution >= 0.6 is 0 Å². The van der Waals surface area contributed by atoms with Crippen molar-refractivity contribution in [2.45, 2.75) is 38.8 Å². The quantitative estimate of drug-likeness (QED) is 0.657. The van der Waals surface area contributed by atoms with Gasteiger partial charge < -0.3 is 19.0 Å². The van der Waals surface area contributed by atoms with E-state index in [0.717, 1.165) is 23.2 Å². The normalized spacial score (nSPS) is 12.6. The molecule has 1 unspecified atom stereocenters. The molecular formula is C20H24O4. The van der Waals surface area contributed by atoms with Gasteiger partial charge in [-0.1, -0.05) is 42.5 Å². The summed E-state index contributed by atoms with van der Waals surface area (Å²) in [5.74, 6) is 0.801. The Morgan fingerprint density at radius 2 is 1.58 bits per heavy atom. The van der Waals surface area contributed by atoms with Crippen LogP contribution in [0.3, 0.4) is 0 Å². The van der Waals surface area contributed by atoms with E-state index in [1.807, 2.05) is 68.4 Å². The molecule has 2 rings (SSSR count). The third-order valence-electron chi connectivity index (χ3n) is 3.85. The van der Waals surface area contributed by atoms with E-state index in [4.69, 9.17) is 14.2 Å². The van der Waals surface area contributed by atoms with Gasteiger partial charge in [-0.3, -0.25) is 0 Å². The minimum Gasteiger partial charge on any atom is -0.497 e. The van der Waals surface area contributed by atoms with E-state index in [1.54, 1.807) is 7.11 Å². The summed E-state index contributed by atoms with van der Waals surface area (Å²) in [6.07, 6.45) is 0.160. The first-order valence-corrected chi connectivity index (χ1v) is 7.93. The molecule has 4 nitrogen and oxygen atoms in total. The van der Waals surface area contributed by atoms with E-state index in [-0.39, 0.29) is 0 Å². The van der Waals surface area contributed by atoms with Crippen molar-refractivity contribution in [1.82, 2.24) is 0 Å². The molecule has 0 aliphatic rings. The van der Waals surface area contributed by atoms with Crippen molar-refractivity contribution in [2.24, 2.45) is 0 Å². The van der Waals surface area contributed by atoms with Crippen LogP contribution in [0.4, 0.5) is 0 Å². The fraction of sp³-hybridized carbons (Fsp3) is 0.350. The summed E-state index contributed by atoms with van der Waals surface area (Å²) < 4.78 is 16.8. The van der Waals surface area contributed by atoms with Gasteiger partial charge in [-0.15, -0.1) is 0 Å². The maximum atomic E-state index is 11.4. The number of hydrogen-bond acceptors (Lipinski definition) is 4. The molecule has 0 N–H and O–H groups in total. The standard InChI is InChI=1S/C20H24O4/c1-20(2,24-15-17-9-11-18(22-3)12-10-17)19(13-21)23-14-16-7-5-4-6-8-16/h4-13,19H,14-15H2,1-3H3. The molecule has 0 bridgehead atoms. The summed E-state index contributed by atoms with van der Waals surface area (Å²) in [4.78, 5) is 11.4. The molecule has 2 aromatic carbocycles. The summed E-state index contributed by atoms with van der Waals surface area (Å²) in [6, 6.07) is 17.4. The lowest BCUT2D eigenvalue weighted by Crippen LogP contribution is -2.42. The zero-order chi connectivity index (χ0) is 17.4. The lowest BCUT2D eigenvalue weighted by molar-refractivity contribution is -0.152. The summed E-state index contributed by atoms with van der Waals surface area (Å²) in [5.41, 5.74) is 1.31. The van der Waals surface area contributed by atoms with E-state index in [0.29, 0.717) is 13.2 Å². The van der Waals surface area contributed by atoms with Crippen LogP contribution in [0.2, 0.25) is 0 Å². The molecule has 4 heteroatoms. The van der Waals surface area contributed by atoms with Crippen molar-refractivity contribution in [2.75, 3.05) is 7.11 Å². The van der Waals surface area contributed by atoms with E-state index in [2.05, 4.69) is 0 Å². The lowest BCUT2D eigenvalue weighted by atomic mass is 10.0. The van der Waals surface area contributed by atoms with Crippen molar-refractivity contribution in [3.63, 3.8) is 0 Å². The molecule has 1 atom stereocenters. The van der Waals surface area contributed by atoms with Crippen LogP contribution in [0.5, 0.6) is 5.75 Å². The van der Waals surface area contributed by atoms with Gasteiger partial charge >= 0.3 is 0 Å². The van der Waals surface area contributed by atoms with Gasteiger partial charge in [0.15, 0.2) is 6.29 Å². The topological polar surface area (TPSA) is 44.8 Å². The lowest BCUT2D eigenvalue weighted by Gasteiger charge is -2.31. The van der Waals surface area contributed by atoms with Gasteiger partial charge in [0, 0.05) is 0 Å². The first-order chi connectivity index (χ1) is 11.5. The highest BCUT2D eigenvalue weighted by Crippen LogP contribution is 2.21. The smallest absolute Gasteiger partial charge is 0.151 e. The minimum atomic E-state index is -0.726. The molecule has 0 aromatic heterocycles. The number of carbonyl (C=O) groups excluding carboxylic acids is 1. The second-order valence-electron chi connectivity index (χ2n) is 6.09. The molecule has 0 fully saturated rings. The number of carbonyl (C=O) groups is 1. The molecular weight excluding hydrogens is 304 g/mol. The SMILES string of the molecule is COc1ccc(COC(C)(C)C(C=O)OCc2ccccc2)cc1. The maximum Gasteiger partial charge on any atom is 0.151 e. The van der Waals surface area contributed by atoms with Crippen molar-refractivity contribution >= 4 is 6.29 Å². The first-order valence-electron chi connectivity index (χ1n) is 7.93. The van der Waals surface area contributed by atoms with E-state index in [1.165, 1.54) is 0 Å². The molecule has 0 amide bonds. The van der Waals surface area contributed by atoms with Crippen LogP contribution in [0.15, 0.2) is 54.6 Å². The molecule has 0 aliphatic heterocycles. The summed E-state index contributed by atoms with van der Waals surface area (Å²) in [5, 5.41) is 0. The average molecular weight is 328 g/mol. The second-order valence-corrected chi connectivity index (χ2v) is 6.09. The maximum absolute atomic E-state index is 11.4. The Balaban J connectivity index is 1.91. The largest absolute Gasteiger partial charge is 0.497 e. The first kappa shape index (κ1) is 18.2. The van der Waals surface area contributed by atoms with Gasteiger partial charge in [-0.2, -0.15) is 0 Å². The Morgan fingerprint density at radius 3 is 2.17 bits per heavy atom. The molecule has 0 saturated carbocycles. The Hall–Kier alpha value is -2.17. The minimum absolute atomic E-state index is 0.375. The van der Waals surface area contributed by atoms with Crippen LogP contribution in [-0.2, 0) is 27.5 Å². The number of aldehydes is 1. The predicted molar refractivity (Wildman–Crippen MR) is 92.9 cm³/mol. The van der Waals surface area contributed by atoms with Gasteiger partial charge in [0.05, 0.1) is 25.9 Å². The Kier molecular flexibility index (Phi) is 6.53. The number of rotatable bonds is 9. The van der Waals surface area contributed by atoms with Gasteiger partial charge in [0.2, 0.25) is 0 Å². The highest BCUT2D eigenvalue weighted by atomic mass is 16.6. The van der Waals surface area contributed by atoms with Gasteiger partial charge in [0.25, 0.3) is 0 Å². The highest BCUT2D eigenvalue weighted by molar-refractivity contribution is 5.58. The van der Waals surface area contributed by atoms with Crippen molar-refractivity contribution in [3.05, 3.63) is 65.7 Å². The zero-order valence-corrected chi connectivity index (χ0v) is 14.4. The molecule has 128 valence electrons. The van der Waals surface area contributed by atoms with Crippen molar-refractivity contribution < 1.29 is 19.0 Å². The van der Waals surface area contributed by atoms with Crippen LogP contribution in [0.25, 0.3) is 0 Å². The fourth-order valence-corrected chi connectivity index (χ4v) is 2.24. The Bertz CT molecular complexity index is 620. The van der Waals surface area contributed by atoms with Gasteiger partial charge in [0.1, 0.15) is 11.9 Å². The van der Waals surface area contributed by atoms with Crippen LogP contribution in [-0.4, -0.2) is 25.1 Å². The number of methoxy groups -OCH3 is 1. The molecule has 0 aliphatic carbocycles. The second kappa shape index (κ2) is 8.62. The van der Waals surface area contributed by atoms with Crippen LogP contribution in [0, 0.1) is 0 Å². The number of ether oxygens (including phenoxy) is 3. The Morgan fingerprint density at radius 1 is 0.958 bits per heavy atom. The predicted octanol–water partition coefficient (Wildman–Crippen LogP) is 3.77. The Labute approximate surface area is 143 Å². The molecule has 0 saturated heterocycles. The van der Waals surface area contributed by atoms with E-state index >= 15 is 0 Å². The highest BCUT2D eigenvalue weighted by Gasteiger charge is 2.31. The fourth-order valence-electron chi connectivity index (χ4n) is 2.24. The average Bonchev–Trinajstić information content (AvgIpc) is 2.61. The van der Waals surface area contributed by atoms with Gasteiger partial charge in [-0.25, -0.2) is 0 Å². The molecule has 0 radical (unpaired) electrons. The summed E-state index contributed by atoms with van der Waals surface area (Å²) >= 11 is 0. The summed E-state index contributed by atoms with van der Waals surface area (Å²) in [7, 11) is 1.63. The molecule has 24 heavy (non-hydrogen) atoms. The van der Waals surface area contributed by atoms with Crippen molar-refractivity contribution in [1.29, 1.82) is 0 Å². The van der Waals surface area contributed by atoms with E-state index in [9.17, 15) is 4.79 Å². The monoisotopic (exact) mass is 328 g/mol. The number of hydrogen-bond donors (Lipinski definition) is 0. The van der Waals surface area contributed by atoms with Crippen LogP contribution < -0.4 is 4.74 Å². The molecule has 0 heterocycles. The zero-order valence-electron chi connectivity index (χ0n) is 14.4.